The summed E-state index contributed by atoms with van der Waals surface area (Å²) in [5.74, 6) is 0.822. The van der Waals surface area contributed by atoms with E-state index in [1.807, 2.05) is 41.6 Å². The van der Waals surface area contributed by atoms with Crippen LogP contribution in [0.1, 0.15) is 12.8 Å². The van der Waals surface area contributed by atoms with Gasteiger partial charge in [0.05, 0.1) is 23.1 Å². The average molecular weight is 380 g/mol. The lowest BCUT2D eigenvalue weighted by Crippen LogP contribution is -2.36. The number of nitrogens with zero attached hydrogens (tertiary/aromatic N) is 5. The van der Waals surface area contributed by atoms with Gasteiger partial charge in [0.2, 0.25) is 0 Å². The van der Waals surface area contributed by atoms with Crippen LogP contribution in [-0.2, 0) is 0 Å². The summed E-state index contributed by atoms with van der Waals surface area (Å²) in [4.78, 5) is 15.8. The minimum absolute atomic E-state index is 0.425. The third kappa shape index (κ3) is 3.16. The lowest BCUT2D eigenvalue weighted by atomic mass is 10.1. The van der Waals surface area contributed by atoms with Crippen molar-refractivity contribution in [2.45, 2.75) is 19.0 Å². The zero-order valence-electron chi connectivity index (χ0n) is 14.5. The first-order valence-corrected chi connectivity index (χ1v) is 9.70. The van der Waals surface area contributed by atoms with E-state index in [0.717, 1.165) is 45.3 Å². The number of nitrogens with one attached hydrogen (secondary N) is 1. The highest BCUT2D eigenvalue weighted by Gasteiger charge is 2.20. The first kappa shape index (κ1) is 16.3. The van der Waals surface area contributed by atoms with Gasteiger partial charge >= 0.3 is 0 Å². The predicted octanol–water partition coefficient (Wildman–Crippen LogP) is 4.08. The standard InChI is InChI=1S/C19H17FN6S/c20-14-2-1-7-26(11-14)17-6-3-12(8-21-17)19-25-18-16(27-19)5-4-15(24-18)13-9-22-23-10-13/h3-6,8-10,14H,1-2,7,11H2,(H,22,23)/t14-/m0/s1. The molecule has 5 rings (SSSR count). The van der Waals surface area contributed by atoms with Gasteiger partial charge in [-0.3, -0.25) is 5.10 Å². The molecule has 1 aliphatic rings. The fourth-order valence-electron chi connectivity index (χ4n) is 3.33. The van der Waals surface area contributed by atoms with E-state index in [2.05, 4.69) is 25.1 Å². The SMILES string of the molecule is F[C@H]1CCCN(c2ccc(-c3nc4nc(-c5cn[nH]c5)ccc4s3)cn2)C1. The summed E-state index contributed by atoms with van der Waals surface area (Å²) in [7, 11) is 0. The van der Waals surface area contributed by atoms with E-state index >= 15 is 0 Å². The van der Waals surface area contributed by atoms with Crippen molar-refractivity contribution in [3.05, 3.63) is 42.9 Å². The average Bonchev–Trinajstić information content (AvgIpc) is 3.37. The molecule has 0 amide bonds. The summed E-state index contributed by atoms with van der Waals surface area (Å²) in [6, 6.07) is 7.95. The van der Waals surface area contributed by atoms with Gasteiger partial charge in [-0.25, -0.2) is 19.3 Å². The molecule has 1 N–H and O–H groups in total. The van der Waals surface area contributed by atoms with Crippen molar-refractivity contribution in [2.24, 2.45) is 0 Å². The second-order valence-electron chi connectivity index (χ2n) is 6.61. The normalized spacial score (nSPS) is 17.5. The molecule has 0 saturated carbocycles. The molecule has 1 saturated heterocycles. The van der Waals surface area contributed by atoms with Crippen molar-refractivity contribution < 1.29 is 4.39 Å². The molecule has 4 aromatic heterocycles. The van der Waals surface area contributed by atoms with E-state index in [-0.39, 0.29) is 0 Å². The predicted molar refractivity (Wildman–Crippen MR) is 105 cm³/mol. The summed E-state index contributed by atoms with van der Waals surface area (Å²) in [5, 5.41) is 7.64. The van der Waals surface area contributed by atoms with Gasteiger partial charge in [-0.15, -0.1) is 11.3 Å². The third-order valence-corrected chi connectivity index (χ3v) is 5.79. The first-order chi connectivity index (χ1) is 13.3. The van der Waals surface area contributed by atoms with Crippen LogP contribution in [0.15, 0.2) is 42.9 Å². The summed E-state index contributed by atoms with van der Waals surface area (Å²) < 4.78 is 14.7. The van der Waals surface area contributed by atoms with E-state index in [1.165, 1.54) is 0 Å². The van der Waals surface area contributed by atoms with Crippen LogP contribution in [-0.4, -0.2) is 44.4 Å². The molecule has 27 heavy (non-hydrogen) atoms. The number of hydrogen-bond acceptors (Lipinski definition) is 6. The number of anilines is 1. The number of aromatic amines is 1. The van der Waals surface area contributed by atoms with Crippen molar-refractivity contribution in [3.63, 3.8) is 0 Å². The maximum atomic E-state index is 13.6. The van der Waals surface area contributed by atoms with Crippen LogP contribution in [0.5, 0.6) is 0 Å². The van der Waals surface area contributed by atoms with Crippen LogP contribution in [0.3, 0.4) is 0 Å². The monoisotopic (exact) mass is 380 g/mol. The molecule has 5 heterocycles. The summed E-state index contributed by atoms with van der Waals surface area (Å²) in [5.41, 5.74) is 3.44. The minimum atomic E-state index is -0.764. The van der Waals surface area contributed by atoms with Crippen molar-refractivity contribution >= 4 is 27.5 Å². The molecular formula is C19H17FN6S. The molecule has 4 aromatic rings. The molecule has 0 aromatic carbocycles. The number of hydrogen-bond donors (Lipinski definition) is 1. The van der Waals surface area contributed by atoms with Crippen LogP contribution < -0.4 is 4.90 Å². The van der Waals surface area contributed by atoms with Gasteiger partial charge in [0.1, 0.15) is 17.0 Å². The highest BCUT2D eigenvalue weighted by Crippen LogP contribution is 2.31. The highest BCUT2D eigenvalue weighted by molar-refractivity contribution is 7.21. The summed E-state index contributed by atoms with van der Waals surface area (Å²) >= 11 is 1.59. The molecule has 0 aliphatic carbocycles. The first-order valence-electron chi connectivity index (χ1n) is 8.88. The summed E-state index contributed by atoms with van der Waals surface area (Å²) in [6.45, 7) is 1.28. The Morgan fingerprint density at radius 1 is 1.11 bits per heavy atom. The number of H-pyrrole nitrogens is 1. The molecule has 1 fully saturated rings. The third-order valence-electron chi connectivity index (χ3n) is 4.73. The molecule has 1 atom stereocenters. The largest absolute Gasteiger partial charge is 0.354 e. The number of piperidine rings is 1. The van der Waals surface area contributed by atoms with Crippen LogP contribution in [0, 0.1) is 0 Å². The molecule has 0 bridgehead atoms. The Morgan fingerprint density at radius 3 is 2.85 bits per heavy atom. The smallest absolute Gasteiger partial charge is 0.171 e. The lowest BCUT2D eigenvalue weighted by Gasteiger charge is -2.29. The Labute approximate surface area is 159 Å². The lowest BCUT2D eigenvalue weighted by molar-refractivity contribution is 0.286. The number of fused-ring (bicyclic) bond motifs is 1. The Kier molecular flexibility index (Phi) is 4.05. The Bertz CT molecular complexity index is 1060. The Morgan fingerprint density at radius 2 is 2.07 bits per heavy atom. The second-order valence-corrected chi connectivity index (χ2v) is 7.65. The van der Waals surface area contributed by atoms with Gasteiger partial charge in [0, 0.05) is 30.1 Å². The number of aromatic nitrogens is 5. The van der Waals surface area contributed by atoms with E-state index in [1.54, 1.807) is 17.5 Å². The van der Waals surface area contributed by atoms with Crippen LogP contribution in [0.25, 0.3) is 32.2 Å². The maximum Gasteiger partial charge on any atom is 0.171 e. The number of halogens is 1. The Balaban J connectivity index is 1.43. The summed E-state index contributed by atoms with van der Waals surface area (Å²) in [6.07, 6.45) is 6.12. The van der Waals surface area contributed by atoms with E-state index in [9.17, 15) is 4.39 Å². The Hall–Kier alpha value is -2.87. The van der Waals surface area contributed by atoms with Crippen LogP contribution >= 0.6 is 11.3 Å². The van der Waals surface area contributed by atoms with Gasteiger partial charge in [-0.05, 0) is 37.1 Å². The van der Waals surface area contributed by atoms with Crippen molar-refractivity contribution in [3.8, 4) is 21.8 Å². The highest BCUT2D eigenvalue weighted by atomic mass is 32.1. The van der Waals surface area contributed by atoms with E-state index < -0.39 is 6.17 Å². The van der Waals surface area contributed by atoms with E-state index in [0.29, 0.717) is 18.6 Å². The number of thiazole rings is 1. The molecule has 0 spiro atoms. The van der Waals surface area contributed by atoms with Crippen molar-refractivity contribution in [1.29, 1.82) is 0 Å². The van der Waals surface area contributed by atoms with Crippen LogP contribution in [0.2, 0.25) is 0 Å². The minimum Gasteiger partial charge on any atom is -0.354 e. The van der Waals surface area contributed by atoms with Gasteiger partial charge < -0.3 is 4.90 Å². The molecule has 136 valence electrons. The van der Waals surface area contributed by atoms with Crippen molar-refractivity contribution in [1.82, 2.24) is 25.1 Å². The maximum absolute atomic E-state index is 13.6. The fraction of sp³-hybridized carbons (Fsp3) is 0.263. The zero-order chi connectivity index (χ0) is 18.2. The van der Waals surface area contributed by atoms with Gasteiger partial charge in [0.25, 0.3) is 0 Å². The molecule has 8 heteroatoms. The molecular weight excluding hydrogens is 363 g/mol. The van der Waals surface area contributed by atoms with Gasteiger partial charge in [0.15, 0.2) is 5.65 Å². The molecule has 0 unspecified atom stereocenters. The molecule has 1 aliphatic heterocycles. The second kappa shape index (κ2) is 6.70. The van der Waals surface area contributed by atoms with Crippen LogP contribution in [0.4, 0.5) is 10.2 Å². The topological polar surface area (TPSA) is 70.6 Å². The van der Waals surface area contributed by atoms with Crippen molar-refractivity contribution in [2.75, 3.05) is 18.0 Å². The van der Waals surface area contributed by atoms with E-state index in [4.69, 9.17) is 0 Å². The molecule has 0 radical (unpaired) electrons. The molecule has 6 nitrogen and oxygen atoms in total. The number of rotatable bonds is 3. The quantitative estimate of drug-likeness (QED) is 0.580. The number of alkyl halides is 1. The van der Waals surface area contributed by atoms with Gasteiger partial charge in [-0.1, -0.05) is 0 Å². The zero-order valence-corrected chi connectivity index (χ0v) is 15.3. The number of pyridine rings is 2. The van der Waals surface area contributed by atoms with Gasteiger partial charge in [-0.2, -0.15) is 5.10 Å². The fourth-order valence-corrected chi connectivity index (χ4v) is 4.22.